The molecule has 1 saturated heterocycles. The highest BCUT2D eigenvalue weighted by Gasteiger charge is 2.33. The van der Waals surface area contributed by atoms with Crippen molar-refractivity contribution in [2.45, 2.75) is 38.1 Å². The number of benzene rings is 4. The Hall–Kier alpha value is -4.47. The lowest BCUT2D eigenvalue weighted by atomic mass is 9.99. The highest BCUT2D eigenvalue weighted by Crippen LogP contribution is 2.38. The van der Waals surface area contributed by atoms with Crippen molar-refractivity contribution in [2.75, 3.05) is 18.9 Å². The van der Waals surface area contributed by atoms with Gasteiger partial charge in [0, 0.05) is 30.8 Å². The van der Waals surface area contributed by atoms with Crippen molar-refractivity contribution in [2.24, 2.45) is 0 Å². The summed E-state index contributed by atoms with van der Waals surface area (Å²) in [5.41, 5.74) is 6.16. The van der Waals surface area contributed by atoms with Gasteiger partial charge in [0.25, 0.3) is 5.91 Å². The van der Waals surface area contributed by atoms with Gasteiger partial charge in [-0.25, -0.2) is 4.98 Å². The number of amides is 1. The van der Waals surface area contributed by atoms with Gasteiger partial charge in [-0.1, -0.05) is 78.9 Å². The number of anilines is 1. The molecule has 43 heavy (non-hydrogen) atoms. The van der Waals surface area contributed by atoms with Crippen molar-refractivity contribution in [1.29, 1.82) is 0 Å². The lowest BCUT2D eigenvalue weighted by Crippen LogP contribution is -2.37. The molecule has 0 radical (unpaired) electrons. The van der Waals surface area contributed by atoms with Crippen molar-refractivity contribution in [3.63, 3.8) is 0 Å². The van der Waals surface area contributed by atoms with Crippen LogP contribution in [0.2, 0.25) is 0 Å². The second kappa shape index (κ2) is 13.2. The molecule has 1 amide bonds. The van der Waals surface area contributed by atoms with Gasteiger partial charge in [-0.15, -0.1) is 0 Å². The molecular weight excluding hydrogens is 540 g/mol. The number of aromatic nitrogens is 2. The van der Waals surface area contributed by atoms with E-state index in [9.17, 15) is 9.90 Å². The number of nitrogens with one attached hydrogen (secondary N) is 1. The fourth-order valence-corrected chi connectivity index (χ4v) is 5.37. The zero-order valence-electron chi connectivity index (χ0n) is 24.0. The van der Waals surface area contributed by atoms with E-state index in [1.807, 2.05) is 78.9 Å². The number of ether oxygens (including phenoxy) is 2. The van der Waals surface area contributed by atoms with E-state index in [1.165, 1.54) is 11.8 Å². The van der Waals surface area contributed by atoms with Crippen LogP contribution in [0.3, 0.4) is 0 Å². The smallest absolute Gasteiger partial charge is 0.275 e. The quantitative estimate of drug-likeness (QED) is 0.221. The van der Waals surface area contributed by atoms with E-state index in [4.69, 9.17) is 9.47 Å². The van der Waals surface area contributed by atoms with Crippen LogP contribution in [0.1, 0.15) is 51.6 Å². The van der Waals surface area contributed by atoms with E-state index >= 15 is 0 Å². The minimum absolute atomic E-state index is 0.00620. The molecule has 5 aromatic rings. The number of carbonyl (C=O) groups excluding carboxylic acids is 1. The van der Waals surface area contributed by atoms with Crippen LogP contribution in [0.15, 0.2) is 109 Å². The van der Waals surface area contributed by atoms with Gasteiger partial charge >= 0.3 is 0 Å². The molecule has 4 aromatic carbocycles. The third kappa shape index (κ3) is 7.13. The minimum Gasteiger partial charge on any atom is -0.392 e. The van der Waals surface area contributed by atoms with Crippen LogP contribution in [0.4, 0.5) is 5.69 Å². The first-order valence-electron chi connectivity index (χ1n) is 14.4. The van der Waals surface area contributed by atoms with Gasteiger partial charge in [-0.2, -0.15) is 0 Å². The Morgan fingerprint density at radius 1 is 0.884 bits per heavy atom. The summed E-state index contributed by atoms with van der Waals surface area (Å²) in [7, 11) is 2.09. The van der Waals surface area contributed by atoms with Gasteiger partial charge in [0.15, 0.2) is 6.29 Å². The van der Waals surface area contributed by atoms with Crippen LogP contribution >= 0.6 is 0 Å². The first kappa shape index (κ1) is 28.6. The lowest BCUT2D eigenvalue weighted by Gasteiger charge is -2.38. The van der Waals surface area contributed by atoms with Gasteiger partial charge in [-0.05, 0) is 48.0 Å². The maximum Gasteiger partial charge on any atom is 0.275 e. The minimum atomic E-state index is -0.635. The van der Waals surface area contributed by atoms with Gasteiger partial charge in [-0.3, -0.25) is 14.7 Å². The second-order valence-electron chi connectivity index (χ2n) is 10.9. The molecular formula is C35H34N4O4. The first-order valence-corrected chi connectivity index (χ1v) is 14.4. The largest absolute Gasteiger partial charge is 0.392 e. The highest BCUT2D eigenvalue weighted by molar-refractivity contribution is 6.03. The van der Waals surface area contributed by atoms with E-state index < -0.39 is 6.29 Å². The topological polar surface area (TPSA) is 96.8 Å². The molecule has 0 bridgehead atoms. The van der Waals surface area contributed by atoms with E-state index in [2.05, 4.69) is 51.5 Å². The number of likely N-dealkylation sites (N-methyl/N-ethyl adjacent to an activating group) is 1. The van der Waals surface area contributed by atoms with Crippen LogP contribution in [0.25, 0.3) is 11.0 Å². The van der Waals surface area contributed by atoms with E-state index in [0.717, 1.165) is 35.3 Å². The Labute approximate surface area is 250 Å². The van der Waals surface area contributed by atoms with Crippen molar-refractivity contribution in [3.05, 3.63) is 137 Å². The van der Waals surface area contributed by atoms with Gasteiger partial charge in [0.2, 0.25) is 0 Å². The summed E-state index contributed by atoms with van der Waals surface area (Å²) in [6, 6.07) is 33.2. The second-order valence-corrected chi connectivity index (χ2v) is 10.9. The van der Waals surface area contributed by atoms with Crippen LogP contribution in [-0.2, 0) is 22.6 Å². The Morgan fingerprint density at radius 3 is 2.44 bits per heavy atom. The van der Waals surface area contributed by atoms with Crippen molar-refractivity contribution < 1.29 is 19.4 Å². The summed E-state index contributed by atoms with van der Waals surface area (Å²) in [5, 5.41) is 12.4. The highest BCUT2D eigenvalue weighted by atomic mass is 16.7. The van der Waals surface area contributed by atoms with E-state index in [-0.39, 0.29) is 30.4 Å². The summed E-state index contributed by atoms with van der Waals surface area (Å²) in [6.07, 6.45) is 1.24. The Bertz CT molecular complexity index is 1680. The average molecular weight is 575 g/mol. The molecule has 8 heteroatoms. The standard InChI is InChI=1S/C35H34N4O4/c1-39(21-24-8-3-2-4-9-24)22-29-19-33(26-16-14-25(23-40)15-17-26)43-35(42-29)27-10-7-11-28(18-27)37-34(41)32-20-36-30-12-5-6-13-31(30)38-32/h2-18,20,29,33,35,40H,19,21-23H2,1H3,(H,37,41). The van der Waals surface area contributed by atoms with Gasteiger partial charge < -0.3 is 19.9 Å². The number of aliphatic hydroxyl groups is 1. The molecule has 218 valence electrons. The fourth-order valence-electron chi connectivity index (χ4n) is 5.37. The van der Waals surface area contributed by atoms with Crippen molar-refractivity contribution in [3.8, 4) is 0 Å². The summed E-state index contributed by atoms with van der Waals surface area (Å²) >= 11 is 0. The third-order valence-electron chi connectivity index (χ3n) is 7.52. The predicted molar refractivity (Wildman–Crippen MR) is 165 cm³/mol. The molecule has 8 nitrogen and oxygen atoms in total. The number of fused-ring (bicyclic) bond motifs is 1. The number of hydrogen-bond acceptors (Lipinski definition) is 7. The predicted octanol–water partition coefficient (Wildman–Crippen LogP) is 6.05. The summed E-state index contributed by atoms with van der Waals surface area (Å²) in [4.78, 5) is 24.1. The van der Waals surface area contributed by atoms with Crippen molar-refractivity contribution in [1.82, 2.24) is 14.9 Å². The maximum absolute atomic E-state index is 13.1. The lowest BCUT2D eigenvalue weighted by molar-refractivity contribution is -0.252. The molecule has 3 atom stereocenters. The number of rotatable bonds is 9. The zero-order chi connectivity index (χ0) is 29.6. The molecule has 3 unspecified atom stereocenters. The normalized spacial score (nSPS) is 18.5. The molecule has 1 aliphatic rings. The van der Waals surface area contributed by atoms with Gasteiger partial charge in [0.05, 0.1) is 36.0 Å². The third-order valence-corrected chi connectivity index (χ3v) is 7.52. The Morgan fingerprint density at radius 2 is 1.65 bits per heavy atom. The van der Waals surface area contributed by atoms with E-state index in [0.29, 0.717) is 17.6 Å². The van der Waals surface area contributed by atoms with E-state index in [1.54, 1.807) is 0 Å². The monoisotopic (exact) mass is 574 g/mol. The molecule has 2 N–H and O–H groups in total. The number of nitrogens with zero attached hydrogens (tertiary/aromatic N) is 3. The zero-order valence-corrected chi connectivity index (χ0v) is 24.0. The average Bonchev–Trinajstić information content (AvgIpc) is 3.05. The Balaban J connectivity index is 1.20. The van der Waals surface area contributed by atoms with Crippen molar-refractivity contribution >= 4 is 22.6 Å². The number of para-hydroxylation sites is 2. The van der Waals surface area contributed by atoms with Crippen LogP contribution in [-0.4, -0.2) is 45.6 Å². The Kier molecular flexibility index (Phi) is 8.81. The molecule has 6 rings (SSSR count). The first-order chi connectivity index (χ1) is 21.0. The molecule has 0 aliphatic carbocycles. The molecule has 1 aromatic heterocycles. The van der Waals surface area contributed by atoms with Gasteiger partial charge in [0.1, 0.15) is 5.69 Å². The SMILES string of the molecule is CN(Cc1ccccc1)CC1CC(c2ccc(CO)cc2)OC(c2cccc(NC(=O)c3cnc4ccccc4n3)c2)O1. The molecule has 0 spiro atoms. The summed E-state index contributed by atoms with van der Waals surface area (Å²) in [6.45, 7) is 1.52. The number of hydrogen-bond donors (Lipinski definition) is 2. The maximum atomic E-state index is 13.1. The summed E-state index contributed by atoms with van der Waals surface area (Å²) < 4.78 is 13.0. The van der Waals surface area contributed by atoms with Crippen LogP contribution < -0.4 is 5.32 Å². The fraction of sp³-hybridized carbons (Fsp3) is 0.229. The summed E-state index contributed by atoms with van der Waals surface area (Å²) in [5.74, 6) is -0.344. The number of carbonyl (C=O) groups is 1. The van der Waals surface area contributed by atoms with Crippen LogP contribution in [0, 0.1) is 0 Å². The molecule has 1 aliphatic heterocycles. The molecule has 1 fully saturated rings. The number of aliphatic hydroxyl groups excluding tert-OH is 1. The van der Waals surface area contributed by atoms with Crippen LogP contribution in [0.5, 0.6) is 0 Å². The molecule has 0 saturated carbocycles. The molecule has 2 heterocycles.